The Morgan fingerprint density at radius 2 is 2.29 bits per heavy atom. The molecule has 4 nitrogen and oxygen atoms in total. The Morgan fingerprint density at radius 1 is 1.53 bits per heavy atom. The second-order valence-corrected chi connectivity index (χ2v) is 3.55. The lowest BCUT2D eigenvalue weighted by molar-refractivity contribution is -0.142. The van der Waals surface area contributed by atoms with E-state index in [4.69, 9.17) is 4.74 Å². The Morgan fingerprint density at radius 3 is 2.82 bits per heavy atom. The first-order valence-corrected chi connectivity index (χ1v) is 5.67. The van der Waals surface area contributed by atoms with E-state index in [1.165, 1.54) is 12.3 Å². The number of hydrogen-bond acceptors (Lipinski definition) is 4. The van der Waals surface area contributed by atoms with E-state index in [-0.39, 0.29) is 24.4 Å². The number of nitrogens with zero attached hydrogens (tertiary/aromatic N) is 1. The second kappa shape index (κ2) is 6.96. The van der Waals surface area contributed by atoms with Crippen molar-refractivity contribution in [2.75, 3.05) is 13.2 Å². The summed E-state index contributed by atoms with van der Waals surface area (Å²) >= 11 is 0. The third-order valence-electron chi connectivity index (χ3n) is 2.31. The summed E-state index contributed by atoms with van der Waals surface area (Å²) in [6, 6.07) is 2.90. The van der Waals surface area contributed by atoms with Gasteiger partial charge in [-0.3, -0.25) is 15.1 Å². The molecule has 0 aromatic carbocycles. The van der Waals surface area contributed by atoms with Crippen LogP contribution in [0.2, 0.25) is 0 Å². The van der Waals surface area contributed by atoms with Gasteiger partial charge in [0.25, 0.3) is 0 Å². The first kappa shape index (κ1) is 13.6. The van der Waals surface area contributed by atoms with Crippen molar-refractivity contribution in [1.82, 2.24) is 10.3 Å². The van der Waals surface area contributed by atoms with Crippen LogP contribution in [0, 0.1) is 5.82 Å². The van der Waals surface area contributed by atoms with Crippen LogP contribution in [0.1, 0.15) is 32.0 Å². The molecule has 5 heteroatoms. The number of hydrogen-bond donors (Lipinski definition) is 1. The van der Waals surface area contributed by atoms with Crippen molar-refractivity contribution in [2.45, 2.75) is 26.3 Å². The van der Waals surface area contributed by atoms with E-state index in [1.807, 2.05) is 6.92 Å². The fourth-order valence-electron chi connectivity index (χ4n) is 1.47. The summed E-state index contributed by atoms with van der Waals surface area (Å²) in [4.78, 5) is 15.2. The average molecular weight is 240 g/mol. The van der Waals surface area contributed by atoms with E-state index in [9.17, 15) is 9.18 Å². The monoisotopic (exact) mass is 240 g/mol. The van der Waals surface area contributed by atoms with Crippen LogP contribution in [0.25, 0.3) is 0 Å². The van der Waals surface area contributed by atoms with Gasteiger partial charge in [0.1, 0.15) is 5.82 Å². The third-order valence-corrected chi connectivity index (χ3v) is 2.31. The van der Waals surface area contributed by atoms with Crippen molar-refractivity contribution in [2.24, 2.45) is 0 Å². The molecule has 1 N–H and O–H groups in total. The van der Waals surface area contributed by atoms with Crippen LogP contribution in [-0.2, 0) is 9.53 Å². The number of nitrogens with one attached hydrogen (secondary N) is 1. The van der Waals surface area contributed by atoms with Crippen LogP contribution in [0.15, 0.2) is 18.3 Å². The highest BCUT2D eigenvalue weighted by atomic mass is 19.1. The SMILES string of the molecule is CCOC(=O)CNC(CC)c1ccc(F)cn1. The van der Waals surface area contributed by atoms with Gasteiger partial charge in [0.05, 0.1) is 25.0 Å². The molecule has 0 spiro atoms. The van der Waals surface area contributed by atoms with E-state index in [1.54, 1.807) is 13.0 Å². The summed E-state index contributed by atoms with van der Waals surface area (Å²) in [6.45, 7) is 4.22. The molecule has 0 aliphatic heterocycles. The number of carbonyl (C=O) groups is 1. The Kier molecular flexibility index (Phi) is 5.56. The highest BCUT2D eigenvalue weighted by Crippen LogP contribution is 2.13. The third kappa shape index (κ3) is 4.48. The maximum atomic E-state index is 12.7. The van der Waals surface area contributed by atoms with E-state index in [2.05, 4.69) is 10.3 Å². The molecule has 0 amide bonds. The fraction of sp³-hybridized carbons (Fsp3) is 0.500. The molecule has 0 saturated heterocycles. The summed E-state index contributed by atoms with van der Waals surface area (Å²) < 4.78 is 17.5. The zero-order chi connectivity index (χ0) is 12.7. The standard InChI is InChI=1S/C12H17FN2O2/c1-3-10(15-8-12(16)17-4-2)11-6-5-9(13)7-14-11/h5-7,10,15H,3-4,8H2,1-2H3. The molecule has 1 unspecified atom stereocenters. The van der Waals surface area contributed by atoms with Crippen molar-refractivity contribution < 1.29 is 13.9 Å². The molecule has 1 aromatic rings. The minimum absolute atomic E-state index is 0.0694. The van der Waals surface area contributed by atoms with Crippen LogP contribution < -0.4 is 5.32 Å². The van der Waals surface area contributed by atoms with E-state index >= 15 is 0 Å². The molecule has 1 heterocycles. The predicted octanol–water partition coefficient (Wildman–Crippen LogP) is 1.82. The van der Waals surface area contributed by atoms with Gasteiger partial charge in [0, 0.05) is 6.04 Å². The summed E-state index contributed by atoms with van der Waals surface area (Å²) in [6.07, 6.45) is 1.93. The zero-order valence-corrected chi connectivity index (χ0v) is 10.1. The van der Waals surface area contributed by atoms with Crippen molar-refractivity contribution in [3.8, 4) is 0 Å². The molecule has 0 fully saturated rings. The smallest absolute Gasteiger partial charge is 0.319 e. The van der Waals surface area contributed by atoms with Gasteiger partial charge in [0.15, 0.2) is 0 Å². The quantitative estimate of drug-likeness (QED) is 0.771. The van der Waals surface area contributed by atoms with Gasteiger partial charge < -0.3 is 4.74 Å². The molecule has 0 bridgehead atoms. The normalized spacial score (nSPS) is 12.2. The van der Waals surface area contributed by atoms with Crippen molar-refractivity contribution >= 4 is 5.97 Å². The summed E-state index contributed by atoms with van der Waals surface area (Å²) in [5, 5.41) is 3.03. The summed E-state index contributed by atoms with van der Waals surface area (Å²) in [5.74, 6) is -0.665. The highest BCUT2D eigenvalue weighted by molar-refractivity contribution is 5.71. The lowest BCUT2D eigenvalue weighted by Gasteiger charge is -2.15. The Bertz CT molecular complexity index is 354. The zero-order valence-electron chi connectivity index (χ0n) is 10.1. The van der Waals surface area contributed by atoms with Gasteiger partial charge in [-0.05, 0) is 25.5 Å². The minimum Gasteiger partial charge on any atom is -0.465 e. The maximum absolute atomic E-state index is 12.7. The number of pyridine rings is 1. The molecule has 0 saturated carbocycles. The van der Waals surface area contributed by atoms with Gasteiger partial charge in [-0.2, -0.15) is 0 Å². The van der Waals surface area contributed by atoms with Gasteiger partial charge in [-0.25, -0.2) is 4.39 Å². The molecular weight excluding hydrogens is 223 g/mol. The first-order chi connectivity index (χ1) is 8.17. The molecule has 0 aliphatic rings. The van der Waals surface area contributed by atoms with E-state index < -0.39 is 0 Å². The topological polar surface area (TPSA) is 51.2 Å². The van der Waals surface area contributed by atoms with Gasteiger partial charge in [-0.15, -0.1) is 0 Å². The van der Waals surface area contributed by atoms with Crippen molar-refractivity contribution in [3.63, 3.8) is 0 Å². The van der Waals surface area contributed by atoms with Crippen molar-refractivity contribution in [3.05, 3.63) is 29.8 Å². The lowest BCUT2D eigenvalue weighted by atomic mass is 10.1. The van der Waals surface area contributed by atoms with Crippen LogP contribution in [0.5, 0.6) is 0 Å². The van der Waals surface area contributed by atoms with Gasteiger partial charge >= 0.3 is 5.97 Å². The molecular formula is C12H17FN2O2. The largest absolute Gasteiger partial charge is 0.465 e. The number of ether oxygens (including phenoxy) is 1. The Balaban J connectivity index is 2.54. The van der Waals surface area contributed by atoms with Crippen LogP contribution >= 0.6 is 0 Å². The maximum Gasteiger partial charge on any atom is 0.319 e. The lowest BCUT2D eigenvalue weighted by Crippen LogP contribution is -2.29. The van der Waals surface area contributed by atoms with E-state index in [0.717, 1.165) is 12.1 Å². The minimum atomic E-state index is -0.367. The first-order valence-electron chi connectivity index (χ1n) is 5.67. The molecule has 94 valence electrons. The van der Waals surface area contributed by atoms with Crippen LogP contribution in [0.4, 0.5) is 4.39 Å². The number of rotatable bonds is 6. The number of carbonyl (C=O) groups excluding carboxylic acids is 1. The number of aromatic nitrogens is 1. The van der Waals surface area contributed by atoms with Crippen molar-refractivity contribution in [1.29, 1.82) is 0 Å². The average Bonchev–Trinajstić information content (AvgIpc) is 2.32. The Hall–Kier alpha value is -1.49. The molecule has 1 atom stereocenters. The molecule has 1 aromatic heterocycles. The van der Waals surface area contributed by atoms with Gasteiger partial charge in [0.2, 0.25) is 0 Å². The number of esters is 1. The molecule has 1 rings (SSSR count). The number of halogens is 1. The molecule has 0 aliphatic carbocycles. The Labute approximate surface area is 100 Å². The highest BCUT2D eigenvalue weighted by Gasteiger charge is 2.12. The van der Waals surface area contributed by atoms with Gasteiger partial charge in [-0.1, -0.05) is 6.92 Å². The van der Waals surface area contributed by atoms with Crippen LogP contribution in [0.3, 0.4) is 0 Å². The van der Waals surface area contributed by atoms with Crippen LogP contribution in [-0.4, -0.2) is 24.1 Å². The molecule has 0 radical (unpaired) electrons. The predicted molar refractivity (Wildman–Crippen MR) is 61.9 cm³/mol. The summed E-state index contributed by atoms with van der Waals surface area (Å²) in [5.41, 5.74) is 0.721. The molecule has 17 heavy (non-hydrogen) atoms. The summed E-state index contributed by atoms with van der Waals surface area (Å²) in [7, 11) is 0. The fourth-order valence-corrected chi connectivity index (χ4v) is 1.47. The van der Waals surface area contributed by atoms with E-state index in [0.29, 0.717) is 6.61 Å². The second-order valence-electron chi connectivity index (χ2n) is 3.55.